The zero-order valence-corrected chi connectivity index (χ0v) is 15.2. The first-order valence-electron chi connectivity index (χ1n) is 8.11. The normalized spacial score (nSPS) is 20.4. The van der Waals surface area contributed by atoms with Crippen LogP contribution in [0, 0.1) is 0 Å². The van der Waals surface area contributed by atoms with Crippen molar-refractivity contribution >= 4 is 11.9 Å². The molecule has 0 aromatic heterocycles. The zero-order chi connectivity index (χ0) is 19.6. The summed E-state index contributed by atoms with van der Waals surface area (Å²) in [4.78, 5) is 25.1. The molecule has 26 heavy (non-hydrogen) atoms. The molecule has 3 N–H and O–H groups in total. The summed E-state index contributed by atoms with van der Waals surface area (Å²) in [6, 6.07) is 7.40. The van der Waals surface area contributed by atoms with Gasteiger partial charge in [-0.1, -0.05) is 12.1 Å². The third-order valence-corrected chi connectivity index (χ3v) is 5.10. The molecule has 0 amide bonds. The van der Waals surface area contributed by atoms with Crippen molar-refractivity contribution < 1.29 is 29.6 Å². The third kappa shape index (κ3) is 3.24. The van der Waals surface area contributed by atoms with Crippen LogP contribution in [-0.4, -0.2) is 51.9 Å². The standard InChI is InChI=1S/C19H23NO6/c1-11-16(21)14(17(22)23)15(18(24)25)19(2,20(11)3)10-9-12-5-7-13(26-4)8-6-12/h5-8,21H,9-10H2,1-4H3,(H,22,23)(H,24,25). The van der Waals surface area contributed by atoms with Crippen LogP contribution in [-0.2, 0) is 16.0 Å². The Morgan fingerprint density at radius 1 is 1.15 bits per heavy atom. The lowest BCUT2D eigenvalue weighted by molar-refractivity contribution is -0.137. The van der Waals surface area contributed by atoms with Gasteiger partial charge in [0, 0.05) is 7.05 Å². The van der Waals surface area contributed by atoms with Crippen molar-refractivity contribution in [1.82, 2.24) is 4.90 Å². The Labute approximate surface area is 151 Å². The van der Waals surface area contributed by atoms with Gasteiger partial charge < -0.3 is 25.0 Å². The summed E-state index contributed by atoms with van der Waals surface area (Å²) in [7, 11) is 3.23. The molecule has 1 aromatic rings. The zero-order valence-electron chi connectivity index (χ0n) is 15.2. The summed E-state index contributed by atoms with van der Waals surface area (Å²) in [5.74, 6) is -2.61. The van der Waals surface area contributed by atoms with Crippen LogP contribution < -0.4 is 4.74 Å². The van der Waals surface area contributed by atoms with Crippen LogP contribution in [0.1, 0.15) is 25.8 Å². The fraction of sp³-hybridized carbons (Fsp3) is 0.368. The number of allylic oxidation sites excluding steroid dienone is 1. The molecular formula is C19H23NO6. The second-order valence-electron chi connectivity index (χ2n) is 6.48. The molecule has 1 heterocycles. The van der Waals surface area contributed by atoms with E-state index in [9.17, 15) is 24.9 Å². The largest absolute Gasteiger partial charge is 0.505 e. The minimum Gasteiger partial charge on any atom is -0.505 e. The summed E-state index contributed by atoms with van der Waals surface area (Å²) in [6.45, 7) is 3.25. The van der Waals surface area contributed by atoms with Crippen LogP contribution in [0.4, 0.5) is 0 Å². The number of methoxy groups -OCH3 is 1. The number of aliphatic hydroxyl groups is 1. The molecule has 2 rings (SSSR count). The molecule has 0 fully saturated rings. The summed E-state index contributed by atoms with van der Waals surface area (Å²) in [5.41, 5.74) is -0.659. The van der Waals surface area contributed by atoms with Gasteiger partial charge in [0.25, 0.3) is 0 Å². The number of hydrogen-bond acceptors (Lipinski definition) is 5. The Kier molecular flexibility index (Phi) is 5.30. The van der Waals surface area contributed by atoms with Crippen LogP contribution in [0.15, 0.2) is 46.9 Å². The summed E-state index contributed by atoms with van der Waals surface area (Å²) >= 11 is 0. The number of likely N-dealkylation sites (N-methyl/N-ethyl adjacent to an activating group) is 1. The lowest BCUT2D eigenvalue weighted by Gasteiger charge is -2.45. The number of carboxylic acids is 2. The quantitative estimate of drug-likeness (QED) is 0.715. The molecule has 0 saturated carbocycles. The lowest BCUT2D eigenvalue weighted by atomic mass is 9.78. The van der Waals surface area contributed by atoms with Gasteiger partial charge >= 0.3 is 11.9 Å². The summed E-state index contributed by atoms with van der Waals surface area (Å²) in [6.07, 6.45) is 0.890. The highest BCUT2D eigenvalue weighted by Crippen LogP contribution is 2.40. The predicted molar refractivity (Wildman–Crippen MR) is 95.1 cm³/mol. The minimum absolute atomic E-state index is 0.316. The van der Waals surface area contributed by atoms with E-state index in [1.54, 1.807) is 32.9 Å². The van der Waals surface area contributed by atoms with Crippen molar-refractivity contribution in [3.8, 4) is 5.75 Å². The molecule has 1 aliphatic heterocycles. The maximum Gasteiger partial charge on any atom is 0.340 e. The molecule has 140 valence electrons. The number of carboxylic acid groups (broad SMARTS) is 2. The smallest absolute Gasteiger partial charge is 0.340 e. The summed E-state index contributed by atoms with van der Waals surface area (Å²) < 4.78 is 5.12. The Hall–Kier alpha value is -2.96. The highest BCUT2D eigenvalue weighted by molar-refractivity contribution is 6.03. The van der Waals surface area contributed by atoms with E-state index in [-0.39, 0.29) is 5.57 Å². The molecule has 0 saturated heterocycles. The van der Waals surface area contributed by atoms with Crippen LogP contribution in [0.2, 0.25) is 0 Å². The Bertz CT molecular complexity index is 793. The molecule has 0 bridgehead atoms. The molecule has 1 unspecified atom stereocenters. The first-order valence-corrected chi connectivity index (χ1v) is 8.11. The van der Waals surface area contributed by atoms with Crippen molar-refractivity contribution in [2.75, 3.05) is 14.2 Å². The van der Waals surface area contributed by atoms with Gasteiger partial charge in [0.15, 0.2) is 0 Å². The number of aliphatic carboxylic acids is 2. The van der Waals surface area contributed by atoms with Crippen LogP contribution >= 0.6 is 0 Å². The number of benzene rings is 1. The molecule has 7 heteroatoms. The maximum absolute atomic E-state index is 11.9. The third-order valence-electron chi connectivity index (χ3n) is 5.10. The van der Waals surface area contributed by atoms with Gasteiger partial charge in [-0.15, -0.1) is 0 Å². The molecule has 1 aliphatic rings. The van der Waals surface area contributed by atoms with Crippen molar-refractivity contribution in [3.63, 3.8) is 0 Å². The monoisotopic (exact) mass is 361 g/mol. The van der Waals surface area contributed by atoms with E-state index in [2.05, 4.69) is 0 Å². The van der Waals surface area contributed by atoms with Crippen LogP contribution in [0.5, 0.6) is 5.75 Å². The molecule has 0 radical (unpaired) electrons. The van der Waals surface area contributed by atoms with E-state index in [0.717, 1.165) is 11.3 Å². The first-order chi connectivity index (χ1) is 12.1. The predicted octanol–water partition coefficient (Wildman–Crippen LogP) is 2.59. The molecule has 1 atom stereocenters. The van der Waals surface area contributed by atoms with Crippen molar-refractivity contribution in [1.29, 1.82) is 0 Å². The van der Waals surface area contributed by atoms with E-state index in [4.69, 9.17) is 4.74 Å². The molecule has 0 aliphatic carbocycles. The number of rotatable bonds is 6. The highest BCUT2D eigenvalue weighted by atomic mass is 16.5. The van der Waals surface area contributed by atoms with E-state index in [1.165, 1.54) is 0 Å². The highest BCUT2D eigenvalue weighted by Gasteiger charge is 2.46. The average Bonchev–Trinajstić information content (AvgIpc) is 2.61. The number of ether oxygens (including phenoxy) is 1. The van der Waals surface area contributed by atoms with E-state index in [0.29, 0.717) is 18.5 Å². The van der Waals surface area contributed by atoms with Gasteiger partial charge in [-0.05, 0) is 44.4 Å². The fourth-order valence-electron chi connectivity index (χ4n) is 3.28. The van der Waals surface area contributed by atoms with Gasteiger partial charge in [-0.25, -0.2) is 9.59 Å². The maximum atomic E-state index is 11.9. The van der Waals surface area contributed by atoms with E-state index >= 15 is 0 Å². The number of hydrogen-bond donors (Lipinski definition) is 3. The minimum atomic E-state index is -1.46. The lowest BCUT2D eigenvalue weighted by Crippen LogP contribution is -2.51. The van der Waals surface area contributed by atoms with E-state index in [1.807, 2.05) is 24.3 Å². The second-order valence-corrected chi connectivity index (χ2v) is 6.48. The van der Waals surface area contributed by atoms with Gasteiger partial charge in [-0.3, -0.25) is 0 Å². The molecule has 1 aromatic carbocycles. The van der Waals surface area contributed by atoms with Crippen LogP contribution in [0.25, 0.3) is 0 Å². The Balaban J connectivity index is 2.45. The number of aryl methyl sites for hydroxylation is 1. The molecule has 0 spiro atoms. The SMILES string of the molecule is COc1ccc(CCC2(C)C(C(=O)O)=C(C(=O)O)C(O)=C(C)N2C)cc1. The molecular weight excluding hydrogens is 338 g/mol. The van der Waals surface area contributed by atoms with Crippen molar-refractivity contribution in [2.24, 2.45) is 0 Å². The number of aliphatic hydroxyl groups excluding tert-OH is 1. The molecule has 7 nitrogen and oxygen atoms in total. The van der Waals surface area contributed by atoms with Crippen molar-refractivity contribution in [3.05, 3.63) is 52.4 Å². The second kappa shape index (κ2) is 7.11. The Morgan fingerprint density at radius 3 is 2.19 bits per heavy atom. The average molecular weight is 361 g/mol. The van der Waals surface area contributed by atoms with Gasteiger partial charge in [0.2, 0.25) is 0 Å². The summed E-state index contributed by atoms with van der Waals surface area (Å²) in [5, 5.41) is 29.3. The van der Waals surface area contributed by atoms with Gasteiger partial charge in [0.1, 0.15) is 17.1 Å². The van der Waals surface area contributed by atoms with Gasteiger partial charge in [0.05, 0.1) is 23.9 Å². The first kappa shape index (κ1) is 19.4. The van der Waals surface area contributed by atoms with E-state index < -0.39 is 28.8 Å². The Morgan fingerprint density at radius 2 is 1.73 bits per heavy atom. The van der Waals surface area contributed by atoms with Crippen LogP contribution in [0.3, 0.4) is 0 Å². The number of nitrogens with zero attached hydrogens (tertiary/aromatic N) is 1. The van der Waals surface area contributed by atoms with Crippen molar-refractivity contribution in [2.45, 2.75) is 32.2 Å². The fourth-order valence-corrected chi connectivity index (χ4v) is 3.28. The topological polar surface area (TPSA) is 107 Å². The van der Waals surface area contributed by atoms with Gasteiger partial charge in [-0.2, -0.15) is 0 Å². The number of carbonyl (C=O) groups is 2.